The van der Waals surface area contributed by atoms with Crippen LogP contribution in [0.15, 0.2) is 30.6 Å². The highest BCUT2D eigenvalue weighted by molar-refractivity contribution is 5.85. The van der Waals surface area contributed by atoms with Crippen LogP contribution in [0.5, 0.6) is 0 Å². The van der Waals surface area contributed by atoms with E-state index in [0.29, 0.717) is 6.54 Å². The number of amides is 1. The summed E-state index contributed by atoms with van der Waals surface area (Å²) in [5.74, 6) is 0. The highest BCUT2D eigenvalue weighted by Crippen LogP contribution is 2.41. The summed E-state index contributed by atoms with van der Waals surface area (Å²) in [6.45, 7) is 9.12. The fourth-order valence-electron chi connectivity index (χ4n) is 5.27. The lowest BCUT2D eigenvalue weighted by Crippen LogP contribution is -2.38. The molecule has 6 rings (SSSR count). The molecular formula is C30H38N4O3. The Kier molecular flexibility index (Phi) is 7.08. The van der Waals surface area contributed by atoms with Crippen LogP contribution in [0.3, 0.4) is 0 Å². The number of H-pyrrole nitrogens is 1. The number of nitrogens with zero attached hydrogens (tertiary/aromatic N) is 2. The highest BCUT2D eigenvalue weighted by atomic mass is 16.6. The molecule has 7 heteroatoms. The van der Waals surface area contributed by atoms with Crippen LogP contribution in [0.4, 0.5) is 4.79 Å². The minimum atomic E-state index is -0.562. The zero-order valence-corrected chi connectivity index (χ0v) is 22.4. The van der Waals surface area contributed by atoms with Crippen molar-refractivity contribution in [1.29, 1.82) is 0 Å². The van der Waals surface area contributed by atoms with Crippen molar-refractivity contribution in [2.75, 3.05) is 13.1 Å². The molecule has 3 aromatic rings. The molecule has 7 nitrogen and oxygen atoms in total. The summed E-state index contributed by atoms with van der Waals surface area (Å²) in [5.41, 5.74) is 6.76. The van der Waals surface area contributed by atoms with Gasteiger partial charge in [-0.25, -0.2) is 9.78 Å². The number of hydrogen-bond acceptors (Lipinski definition) is 5. The van der Waals surface area contributed by atoms with Gasteiger partial charge in [-0.1, -0.05) is 25.3 Å². The number of pyridine rings is 1. The highest BCUT2D eigenvalue weighted by Gasteiger charge is 2.37. The molecule has 0 radical (unpaired) electrons. The fourth-order valence-corrected chi connectivity index (χ4v) is 5.27. The van der Waals surface area contributed by atoms with Crippen LogP contribution in [-0.2, 0) is 16.0 Å². The Morgan fingerprint density at radius 1 is 1.14 bits per heavy atom. The molecule has 0 bridgehead atoms. The van der Waals surface area contributed by atoms with Crippen molar-refractivity contribution in [3.05, 3.63) is 52.8 Å². The second-order valence-electron chi connectivity index (χ2n) is 11.4. The molecule has 0 spiro atoms. The van der Waals surface area contributed by atoms with Gasteiger partial charge in [0.05, 0.1) is 12.1 Å². The van der Waals surface area contributed by atoms with E-state index in [9.17, 15) is 9.59 Å². The molecule has 2 unspecified atom stereocenters. The maximum atomic E-state index is 13.1. The lowest BCUT2D eigenvalue weighted by molar-refractivity contribution is -0.109. The van der Waals surface area contributed by atoms with Gasteiger partial charge in [-0.3, -0.25) is 0 Å². The number of likely N-dealkylation sites (tertiary alicyclic amines) is 1. The van der Waals surface area contributed by atoms with Crippen LogP contribution in [0, 0.1) is 6.92 Å². The van der Waals surface area contributed by atoms with Crippen LogP contribution in [0.25, 0.3) is 22.2 Å². The summed E-state index contributed by atoms with van der Waals surface area (Å²) in [6, 6.07) is 6.00. The number of aryl methyl sites for hydroxylation is 1. The minimum Gasteiger partial charge on any atom is -0.444 e. The monoisotopic (exact) mass is 502 g/mol. The van der Waals surface area contributed by atoms with Gasteiger partial charge in [-0.05, 0) is 86.9 Å². The van der Waals surface area contributed by atoms with Crippen molar-refractivity contribution in [2.45, 2.75) is 83.9 Å². The Balaban J connectivity index is 0.000000872. The summed E-state index contributed by atoms with van der Waals surface area (Å²) < 4.78 is 5.73. The van der Waals surface area contributed by atoms with E-state index in [1.165, 1.54) is 19.3 Å². The van der Waals surface area contributed by atoms with E-state index in [4.69, 9.17) is 4.74 Å². The fraction of sp³-hybridized carbons (Fsp3) is 0.500. The molecule has 37 heavy (non-hydrogen) atoms. The van der Waals surface area contributed by atoms with Gasteiger partial charge >= 0.3 is 6.09 Å². The van der Waals surface area contributed by atoms with Crippen molar-refractivity contribution in [2.24, 2.45) is 0 Å². The summed E-state index contributed by atoms with van der Waals surface area (Å²) in [6.07, 6.45) is 11.6. The summed E-state index contributed by atoms with van der Waals surface area (Å²) >= 11 is 0. The van der Waals surface area contributed by atoms with Gasteiger partial charge in [-0.2, -0.15) is 0 Å². The van der Waals surface area contributed by atoms with Crippen LogP contribution >= 0.6 is 0 Å². The number of fused-ring (bicyclic) bond motifs is 2. The Morgan fingerprint density at radius 3 is 2.62 bits per heavy atom. The van der Waals surface area contributed by atoms with Gasteiger partial charge in [0.15, 0.2) is 0 Å². The minimum absolute atomic E-state index is 0.128. The number of aromatic nitrogens is 2. The van der Waals surface area contributed by atoms with Gasteiger partial charge < -0.3 is 24.7 Å². The zero-order valence-electron chi connectivity index (χ0n) is 22.4. The predicted octanol–water partition coefficient (Wildman–Crippen LogP) is 6.17. The number of hydrogen-bond donors (Lipinski definition) is 2. The van der Waals surface area contributed by atoms with Crippen LogP contribution in [0.1, 0.15) is 87.2 Å². The molecule has 4 heterocycles. The lowest BCUT2D eigenvalue weighted by Gasteiger charge is -2.33. The van der Waals surface area contributed by atoms with Crippen molar-refractivity contribution in [1.82, 2.24) is 20.2 Å². The average molecular weight is 503 g/mol. The largest absolute Gasteiger partial charge is 0.444 e. The first-order valence-electron chi connectivity index (χ1n) is 13.5. The Labute approximate surface area is 219 Å². The van der Waals surface area contributed by atoms with Crippen LogP contribution < -0.4 is 5.32 Å². The number of aldehydes is 1. The van der Waals surface area contributed by atoms with E-state index >= 15 is 0 Å². The molecular weight excluding hydrogens is 464 g/mol. The van der Waals surface area contributed by atoms with Gasteiger partial charge in [0, 0.05) is 36.4 Å². The van der Waals surface area contributed by atoms with E-state index in [-0.39, 0.29) is 18.2 Å². The standard InChI is InChI=1S/C27H32N4O3.C3H6/c1-16-13-29-25-20(16)12-19(14-30-25)18-10-17-7-8-28-22(15-32)24(17)21(11-18)23-6-5-9-31(23)26(33)34-27(2,3)4;1-2-3-1/h10-15,22-23,28H,5-9H2,1-4H3,(H,29,30);1-3H2. The van der Waals surface area contributed by atoms with Crippen molar-refractivity contribution >= 4 is 23.4 Å². The number of aromatic amines is 1. The first-order valence-corrected chi connectivity index (χ1v) is 13.5. The number of rotatable bonds is 3. The second kappa shape index (κ2) is 10.3. The molecule has 2 atom stereocenters. The van der Waals surface area contributed by atoms with Gasteiger partial charge in [0.2, 0.25) is 0 Å². The molecule has 3 aliphatic rings. The Morgan fingerprint density at radius 2 is 1.92 bits per heavy atom. The Hall–Kier alpha value is -3.19. The first kappa shape index (κ1) is 25.5. The van der Waals surface area contributed by atoms with Gasteiger partial charge in [-0.15, -0.1) is 0 Å². The van der Waals surface area contributed by atoms with Crippen LogP contribution in [0.2, 0.25) is 0 Å². The molecule has 2 fully saturated rings. The molecule has 1 aromatic carbocycles. The molecule has 2 N–H and O–H groups in total. The second-order valence-corrected chi connectivity index (χ2v) is 11.4. The van der Waals surface area contributed by atoms with E-state index in [1.807, 2.05) is 38.1 Å². The SMILES string of the molecule is C1CC1.Cc1c[nH]c2ncc(-c3cc4c(c(C5CCCN5C(=O)OC(C)(C)C)c3)C(C=O)NCC4)cc12. The summed E-state index contributed by atoms with van der Waals surface area (Å²) in [4.78, 5) is 34.8. The number of carbonyl (C=O) groups is 2. The molecule has 1 saturated heterocycles. The average Bonchev–Trinajstić information content (AvgIpc) is 3.60. The molecule has 1 amide bonds. The first-order chi connectivity index (χ1) is 17.7. The maximum Gasteiger partial charge on any atom is 0.410 e. The number of ether oxygens (including phenoxy) is 1. The number of benzene rings is 1. The van der Waals surface area contributed by atoms with E-state index in [0.717, 1.165) is 76.5 Å². The van der Waals surface area contributed by atoms with Gasteiger partial charge in [0.25, 0.3) is 0 Å². The smallest absolute Gasteiger partial charge is 0.410 e. The number of nitrogens with one attached hydrogen (secondary N) is 2. The van der Waals surface area contributed by atoms with Gasteiger partial charge in [0.1, 0.15) is 17.5 Å². The van der Waals surface area contributed by atoms with Crippen molar-refractivity contribution in [3.8, 4) is 11.1 Å². The third-order valence-electron chi connectivity index (χ3n) is 7.17. The van der Waals surface area contributed by atoms with Crippen molar-refractivity contribution < 1.29 is 14.3 Å². The topological polar surface area (TPSA) is 87.3 Å². The number of carbonyl (C=O) groups excluding carboxylic acids is 2. The Bertz CT molecular complexity index is 1300. The maximum absolute atomic E-state index is 13.1. The molecule has 196 valence electrons. The predicted molar refractivity (Wildman–Crippen MR) is 146 cm³/mol. The molecule has 1 aliphatic carbocycles. The van der Waals surface area contributed by atoms with Crippen LogP contribution in [-0.4, -0.2) is 45.9 Å². The molecule has 1 saturated carbocycles. The third kappa shape index (κ3) is 5.57. The molecule has 2 aliphatic heterocycles. The third-order valence-corrected chi connectivity index (χ3v) is 7.17. The van der Waals surface area contributed by atoms with E-state index in [1.54, 1.807) is 0 Å². The zero-order chi connectivity index (χ0) is 26.2. The normalized spacial score (nSPS) is 20.7. The summed E-state index contributed by atoms with van der Waals surface area (Å²) in [7, 11) is 0. The molecule has 2 aromatic heterocycles. The van der Waals surface area contributed by atoms with Crippen molar-refractivity contribution in [3.63, 3.8) is 0 Å². The van der Waals surface area contributed by atoms with E-state index in [2.05, 4.69) is 40.4 Å². The van der Waals surface area contributed by atoms with E-state index < -0.39 is 5.60 Å². The lowest BCUT2D eigenvalue weighted by atomic mass is 9.84. The quantitative estimate of drug-likeness (QED) is 0.419. The summed E-state index contributed by atoms with van der Waals surface area (Å²) in [5, 5.41) is 4.44.